The predicted molar refractivity (Wildman–Crippen MR) is 91.5 cm³/mol. The molecule has 0 bridgehead atoms. The number of benzene rings is 2. The van der Waals surface area contributed by atoms with E-state index in [0.29, 0.717) is 10.0 Å². The van der Waals surface area contributed by atoms with E-state index in [1.165, 1.54) is 11.1 Å². The molecular weight excluding hydrogens is 301 g/mol. The third-order valence-electron chi connectivity index (χ3n) is 4.38. The minimum atomic E-state index is 0.229. The van der Waals surface area contributed by atoms with Gasteiger partial charge < -0.3 is 5.32 Å². The van der Waals surface area contributed by atoms with Crippen LogP contribution in [-0.4, -0.2) is 0 Å². The van der Waals surface area contributed by atoms with Crippen LogP contribution in [0.1, 0.15) is 43.9 Å². The second kappa shape index (κ2) is 5.55. The molecule has 3 rings (SSSR count). The van der Waals surface area contributed by atoms with Gasteiger partial charge in [0.25, 0.3) is 0 Å². The van der Waals surface area contributed by atoms with Crippen molar-refractivity contribution in [1.82, 2.24) is 0 Å². The van der Waals surface area contributed by atoms with E-state index in [1.807, 2.05) is 18.2 Å². The molecule has 1 nitrogen and oxygen atoms in total. The maximum absolute atomic E-state index is 6.28. The SMILES string of the molecule is CC1(C)CCC(Nc2cc(Cl)ccc2Cl)c2ccccc21. The average Bonchev–Trinajstić information content (AvgIpc) is 2.46. The largest absolute Gasteiger partial charge is 0.377 e. The van der Waals surface area contributed by atoms with Gasteiger partial charge in [-0.25, -0.2) is 0 Å². The van der Waals surface area contributed by atoms with Crippen molar-refractivity contribution >= 4 is 28.9 Å². The highest BCUT2D eigenvalue weighted by Gasteiger charge is 2.32. The second-order valence-corrected chi connectivity index (χ2v) is 7.17. The molecule has 0 saturated carbocycles. The lowest BCUT2D eigenvalue weighted by atomic mass is 9.71. The summed E-state index contributed by atoms with van der Waals surface area (Å²) in [4.78, 5) is 0. The van der Waals surface area contributed by atoms with Crippen molar-refractivity contribution in [3.8, 4) is 0 Å². The van der Waals surface area contributed by atoms with Crippen LogP contribution in [0.25, 0.3) is 0 Å². The molecule has 1 aliphatic rings. The molecule has 0 fully saturated rings. The molecule has 1 atom stereocenters. The molecule has 0 aromatic heterocycles. The minimum Gasteiger partial charge on any atom is -0.377 e. The van der Waals surface area contributed by atoms with Crippen LogP contribution < -0.4 is 5.32 Å². The number of hydrogen-bond acceptors (Lipinski definition) is 1. The van der Waals surface area contributed by atoms with Crippen LogP contribution in [0.5, 0.6) is 0 Å². The average molecular weight is 320 g/mol. The standard InChI is InChI=1S/C18H19Cl2N/c1-18(2)10-9-16(13-5-3-4-6-14(13)18)21-17-11-12(19)7-8-15(17)20/h3-8,11,16,21H,9-10H2,1-2H3. The number of anilines is 1. The van der Waals surface area contributed by atoms with Crippen molar-refractivity contribution in [2.24, 2.45) is 0 Å². The van der Waals surface area contributed by atoms with Gasteiger partial charge in [-0.2, -0.15) is 0 Å². The van der Waals surface area contributed by atoms with Gasteiger partial charge in [-0.05, 0) is 47.6 Å². The monoisotopic (exact) mass is 319 g/mol. The summed E-state index contributed by atoms with van der Waals surface area (Å²) < 4.78 is 0. The fourth-order valence-electron chi connectivity index (χ4n) is 3.16. The van der Waals surface area contributed by atoms with Crippen molar-refractivity contribution in [2.75, 3.05) is 5.32 Å². The van der Waals surface area contributed by atoms with Gasteiger partial charge in [0.1, 0.15) is 0 Å². The Bertz CT molecular complexity index is 664. The number of nitrogens with one attached hydrogen (secondary N) is 1. The summed E-state index contributed by atoms with van der Waals surface area (Å²) >= 11 is 12.4. The number of halogens is 2. The van der Waals surface area contributed by atoms with Crippen LogP contribution in [0.3, 0.4) is 0 Å². The molecule has 110 valence electrons. The maximum atomic E-state index is 6.28. The van der Waals surface area contributed by atoms with Gasteiger partial charge in [0.05, 0.1) is 16.8 Å². The highest BCUT2D eigenvalue weighted by molar-refractivity contribution is 6.35. The van der Waals surface area contributed by atoms with Crippen molar-refractivity contribution in [1.29, 1.82) is 0 Å². The number of hydrogen-bond donors (Lipinski definition) is 1. The Morgan fingerprint density at radius 2 is 1.86 bits per heavy atom. The first kappa shape index (κ1) is 14.7. The van der Waals surface area contributed by atoms with Crippen LogP contribution in [0.2, 0.25) is 10.0 Å². The summed E-state index contributed by atoms with van der Waals surface area (Å²) in [5, 5.41) is 4.98. The zero-order chi connectivity index (χ0) is 15.0. The highest BCUT2D eigenvalue weighted by Crippen LogP contribution is 2.43. The van der Waals surface area contributed by atoms with E-state index in [1.54, 1.807) is 0 Å². The Morgan fingerprint density at radius 1 is 1.10 bits per heavy atom. The van der Waals surface area contributed by atoms with Gasteiger partial charge in [0.15, 0.2) is 0 Å². The fourth-order valence-corrected chi connectivity index (χ4v) is 3.50. The lowest BCUT2D eigenvalue weighted by Crippen LogP contribution is -2.29. The molecule has 0 amide bonds. The zero-order valence-electron chi connectivity index (χ0n) is 12.3. The van der Waals surface area contributed by atoms with E-state index in [9.17, 15) is 0 Å². The Kier molecular flexibility index (Phi) is 3.90. The molecular formula is C18H19Cl2N. The van der Waals surface area contributed by atoms with Crippen molar-refractivity contribution in [3.63, 3.8) is 0 Å². The predicted octanol–water partition coefficient (Wildman–Crippen LogP) is 6.22. The Balaban J connectivity index is 1.96. The smallest absolute Gasteiger partial charge is 0.0638 e. The summed E-state index contributed by atoms with van der Waals surface area (Å²) in [5.74, 6) is 0. The molecule has 2 aromatic carbocycles. The topological polar surface area (TPSA) is 12.0 Å². The summed E-state index contributed by atoms with van der Waals surface area (Å²) in [5.41, 5.74) is 3.92. The van der Waals surface area contributed by atoms with Crippen molar-refractivity contribution in [3.05, 3.63) is 63.6 Å². The van der Waals surface area contributed by atoms with Crippen LogP contribution in [0, 0.1) is 0 Å². The van der Waals surface area contributed by atoms with Gasteiger partial charge >= 0.3 is 0 Å². The summed E-state index contributed by atoms with van der Waals surface area (Å²) in [6.07, 6.45) is 2.24. The number of rotatable bonds is 2. The first-order chi connectivity index (χ1) is 9.97. The lowest BCUT2D eigenvalue weighted by Gasteiger charge is -2.37. The summed E-state index contributed by atoms with van der Waals surface area (Å²) in [6.45, 7) is 4.63. The summed E-state index contributed by atoms with van der Waals surface area (Å²) in [6, 6.07) is 14.5. The molecule has 3 heteroatoms. The Morgan fingerprint density at radius 3 is 2.67 bits per heavy atom. The van der Waals surface area contributed by atoms with E-state index >= 15 is 0 Å². The molecule has 0 radical (unpaired) electrons. The molecule has 1 aliphatic carbocycles. The van der Waals surface area contributed by atoms with E-state index in [0.717, 1.165) is 18.5 Å². The van der Waals surface area contributed by atoms with E-state index in [-0.39, 0.29) is 11.5 Å². The zero-order valence-corrected chi connectivity index (χ0v) is 13.8. The molecule has 1 N–H and O–H groups in total. The van der Waals surface area contributed by atoms with Gasteiger partial charge in [-0.3, -0.25) is 0 Å². The number of fused-ring (bicyclic) bond motifs is 1. The van der Waals surface area contributed by atoms with E-state index in [4.69, 9.17) is 23.2 Å². The lowest BCUT2D eigenvalue weighted by molar-refractivity contribution is 0.406. The molecule has 0 spiro atoms. The first-order valence-corrected chi connectivity index (χ1v) is 8.04. The fraction of sp³-hybridized carbons (Fsp3) is 0.333. The molecule has 0 heterocycles. The Hall–Kier alpha value is -1.18. The van der Waals surface area contributed by atoms with Gasteiger partial charge in [-0.15, -0.1) is 0 Å². The Labute approximate surface area is 136 Å². The van der Waals surface area contributed by atoms with E-state index < -0.39 is 0 Å². The van der Waals surface area contributed by atoms with E-state index in [2.05, 4.69) is 43.4 Å². The van der Waals surface area contributed by atoms with Crippen LogP contribution in [0.15, 0.2) is 42.5 Å². The van der Waals surface area contributed by atoms with Crippen LogP contribution in [-0.2, 0) is 5.41 Å². The van der Waals surface area contributed by atoms with Gasteiger partial charge in [-0.1, -0.05) is 61.3 Å². The molecule has 1 unspecified atom stereocenters. The van der Waals surface area contributed by atoms with Crippen LogP contribution >= 0.6 is 23.2 Å². The highest BCUT2D eigenvalue weighted by atomic mass is 35.5. The van der Waals surface area contributed by atoms with Crippen LogP contribution in [0.4, 0.5) is 5.69 Å². The van der Waals surface area contributed by atoms with Gasteiger partial charge in [0, 0.05) is 5.02 Å². The van der Waals surface area contributed by atoms with Crippen molar-refractivity contribution < 1.29 is 0 Å². The van der Waals surface area contributed by atoms with Crippen molar-refractivity contribution in [2.45, 2.75) is 38.1 Å². The molecule has 2 aromatic rings. The first-order valence-electron chi connectivity index (χ1n) is 7.28. The molecule has 0 saturated heterocycles. The summed E-state index contributed by atoms with van der Waals surface area (Å²) in [7, 11) is 0. The quantitative estimate of drug-likeness (QED) is 0.693. The second-order valence-electron chi connectivity index (χ2n) is 6.33. The normalized spacial score (nSPS) is 19.9. The molecule has 0 aliphatic heterocycles. The third-order valence-corrected chi connectivity index (χ3v) is 4.95. The third kappa shape index (κ3) is 2.90. The van der Waals surface area contributed by atoms with Gasteiger partial charge in [0.2, 0.25) is 0 Å². The molecule has 21 heavy (non-hydrogen) atoms. The minimum absolute atomic E-state index is 0.229. The maximum Gasteiger partial charge on any atom is 0.0638 e.